The van der Waals surface area contributed by atoms with E-state index in [1.54, 1.807) is 17.9 Å². The van der Waals surface area contributed by atoms with Gasteiger partial charge in [-0.2, -0.15) is 5.10 Å². The van der Waals surface area contributed by atoms with Gasteiger partial charge in [0.05, 0.1) is 7.11 Å². The topological polar surface area (TPSA) is 47.4 Å². The van der Waals surface area contributed by atoms with Gasteiger partial charge in [0.2, 0.25) is 0 Å². The second kappa shape index (κ2) is 8.39. The van der Waals surface area contributed by atoms with Crippen LogP contribution in [-0.4, -0.2) is 40.8 Å². The van der Waals surface area contributed by atoms with E-state index >= 15 is 0 Å². The first-order chi connectivity index (χ1) is 12.6. The highest BCUT2D eigenvalue weighted by molar-refractivity contribution is 5.92. The highest BCUT2D eigenvalue weighted by Gasteiger charge is 2.23. The second-order valence-electron chi connectivity index (χ2n) is 7.24. The zero-order valence-electron chi connectivity index (χ0n) is 16.1. The number of rotatable bonds is 4. The quantitative estimate of drug-likeness (QED) is 0.818. The minimum atomic E-state index is 0.000873. The smallest absolute Gasteiger partial charge is 0.274 e. The zero-order chi connectivity index (χ0) is 18.5. The molecule has 26 heavy (non-hydrogen) atoms. The van der Waals surface area contributed by atoms with Crippen molar-refractivity contribution in [3.05, 3.63) is 41.7 Å². The summed E-state index contributed by atoms with van der Waals surface area (Å²) in [4.78, 5) is 14.8. The number of aromatic nitrogens is 2. The van der Waals surface area contributed by atoms with Crippen molar-refractivity contribution in [2.75, 3.05) is 14.2 Å². The first-order valence-electron chi connectivity index (χ1n) is 9.58. The third kappa shape index (κ3) is 4.09. The largest absolute Gasteiger partial charge is 0.494 e. The lowest BCUT2D eigenvalue weighted by Gasteiger charge is -2.29. The van der Waals surface area contributed by atoms with Crippen LogP contribution in [0.2, 0.25) is 0 Å². The Morgan fingerprint density at radius 1 is 1.15 bits per heavy atom. The predicted octanol–water partition coefficient (Wildman–Crippen LogP) is 4.37. The fourth-order valence-electron chi connectivity index (χ4n) is 3.72. The van der Waals surface area contributed by atoms with Crippen LogP contribution >= 0.6 is 0 Å². The molecular weight excluding hydrogens is 326 g/mol. The van der Waals surface area contributed by atoms with Crippen molar-refractivity contribution in [1.82, 2.24) is 14.7 Å². The van der Waals surface area contributed by atoms with Gasteiger partial charge in [0, 0.05) is 19.3 Å². The van der Waals surface area contributed by atoms with Crippen molar-refractivity contribution < 1.29 is 9.53 Å². The van der Waals surface area contributed by atoms with E-state index in [1.807, 2.05) is 43.3 Å². The van der Waals surface area contributed by atoms with Crippen molar-refractivity contribution >= 4 is 5.91 Å². The SMILES string of the molecule is COc1ccc(C)cc1-n1ccc(C(=O)N(C)C2CCCCCCC2)n1. The average Bonchev–Trinajstić information content (AvgIpc) is 3.10. The van der Waals surface area contributed by atoms with Gasteiger partial charge in [-0.25, -0.2) is 4.68 Å². The van der Waals surface area contributed by atoms with E-state index in [0.29, 0.717) is 11.7 Å². The van der Waals surface area contributed by atoms with E-state index in [4.69, 9.17) is 4.74 Å². The standard InChI is InChI=1S/C21H29N3O2/c1-16-11-12-20(26-3)19(15-16)24-14-13-18(22-24)21(25)23(2)17-9-7-5-4-6-8-10-17/h11-15,17H,4-10H2,1-3H3. The summed E-state index contributed by atoms with van der Waals surface area (Å²) < 4.78 is 7.16. The molecule has 1 aliphatic rings. The van der Waals surface area contributed by atoms with Crippen LogP contribution in [0.1, 0.15) is 61.0 Å². The van der Waals surface area contributed by atoms with Gasteiger partial charge in [-0.05, 0) is 43.5 Å². The first kappa shape index (κ1) is 18.5. The molecule has 0 saturated heterocycles. The molecule has 5 heteroatoms. The number of amides is 1. The van der Waals surface area contributed by atoms with Crippen LogP contribution in [0.25, 0.3) is 5.69 Å². The molecule has 1 aliphatic carbocycles. The molecule has 0 atom stereocenters. The summed E-state index contributed by atoms with van der Waals surface area (Å²) in [5.74, 6) is 0.743. The number of nitrogens with zero attached hydrogens (tertiary/aromatic N) is 3. The van der Waals surface area contributed by atoms with Gasteiger partial charge in [-0.15, -0.1) is 0 Å². The number of carbonyl (C=O) groups is 1. The zero-order valence-corrected chi connectivity index (χ0v) is 16.1. The molecule has 1 amide bonds. The first-order valence-corrected chi connectivity index (χ1v) is 9.58. The summed E-state index contributed by atoms with van der Waals surface area (Å²) >= 11 is 0. The molecule has 3 rings (SSSR count). The molecule has 0 unspecified atom stereocenters. The Bertz CT molecular complexity index is 745. The molecule has 5 nitrogen and oxygen atoms in total. The number of ether oxygens (including phenoxy) is 1. The number of benzene rings is 1. The molecular formula is C21H29N3O2. The average molecular weight is 355 g/mol. The summed E-state index contributed by atoms with van der Waals surface area (Å²) in [6.45, 7) is 2.03. The fourth-order valence-corrected chi connectivity index (χ4v) is 3.72. The van der Waals surface area contributed by atoms with Crippen LogP contribution in [0, 0.1) is 6.92 Å². The lowest BCUT2D eigenvalue weighted by atomic mass is 9.96. The van der Waals surface area contributed by atoms with Gasteiger partial charge >= 0.3 is 0 Å². The van der Waals surface area contributed by atoms with Crippen LogP contribution < -0.4 is 4.74 Å². The molecule has 0 bridgehead atoms. The van der Waals surface area contributed by atoms with Crippen molar-refractivity contribution in [2.45, 2.75) is 57.9 Å². The Morgan fingerprint density at radius 3 is 2.54 bits per heavy atom. The van der Waals surface area contributed by atoms with Crippen LogP contribution in [-0.2, 0) is 0 Å². The molecule has 1 heterocycles. The van der Waals surface area contributed by atoms with E-state index in [1.165, 1.54) is 32.1 Å². The maximum atomic E-state index is 12.9. The fraction of sp³-hybridized carbons (Fsp3) is 0.524. The lowest BCUT2D eigenvalue weighted by Crippen LogP contribution is -2.37. The molecule has 0 N–H and O–H groups in total. The minimum absolute atomic E-state index is 0.000873. The van der Waals surface area contributed by atoms with E-state index in [9.17, 15) is 4.79 Å². The maximum Gasteiger partial charge on any atom is 0.274 e. The number of hydrogen-bond acceptors (Lipinski definition) is 3. The van der Waals surface area contributed by atoms with Gasteiger partial charge < -0.3 is 9.64 Å². The summed E-state index contributed by atoms with van der Waals surface area (Å²) in [7, 11) is 3.56. The van der Waals surface area contributed by atoms with Gasteiger partial charge in [0.25, 0.3) is 5.91 Å². The highest BCUT2D eigenvalue weighted by atomic mass is 16.5. The minimum Gasteiger partial charge on any atom is -0.494 e. The Hall–Kier alpha value is -2.30. The number of hydrogen-bond donors (Lipinski definition) is 0. The normalized spacial score (nSPS) is 16.0. The monoisotopic (exact) mass is 355 g/mol. The van der Waals surface area contributed by atoms with Crippen LogP contribution in [0.15, 0.2) is 30.5 Å². The molecule has 2 aromatic rings. The highest BCUT2D eigenvalue weighted by Crippen LogP contribution is 2.25. The van der Waals surface area contributed by atoms with Crippen LogP contribution in [0.5, 0.6) is 5.75 Å². The molecule has 1 saturated carbocycles. The third-order valence-electron chi connectivity index (χ3n) is 5.33. The number of aryl methyl sites for hydroxylation is 1. The Labute approximate surface area is 156 Å². The Kier molecular flexibility index (Phi) is 5.96. The third-order valence-corrected chi connectivity index (χ3v) is 5.33. The van der Waals surface area contributed by atoms with Gasteiger partial charge in [-0.3, -0.25) is 4.79 Å². The van der Waals surface area contributed by atoms with Crippen LogP contribution in [0.3, 0.4) is 0 Å². The van der Waals surface area contributed by atoms with Crippen molar-refractivity contribution in [3.8, 4) is 11.4 Å². The summed E-state index contributed by atoms with van der Waals surface area (Å²) in [6.07, 6.45) is 10.3. The van der Waals surface area contributed by atoms with Crippen molar-refractivity contribution in [2.24, 2.45) is 0 Å². The lowest BCUT2D eigenvalue weighted by molar-refractivity contribution is 0.0700. The Morgan fingerprint density at radius 2 is 1.85 bits per heavy atom. The molecule has 0 spiro atoms. The molecule has 140 valence electrons. The predicted molar refractivity (Wildman–Crippen MR) is 103 cm³/mol. The molecule has 1 aromatic carbocycles. The summed E-state index contributed by atoms with van der Waals surface area (Å²) in [5, 5.41) is 4.53. The van der Waals surface area contributed by atoms with E-state index in [0.717, 1.165) is 29.8 Å². The molecule has 0 radical (unpaired) electrons. The number of carbonyl (C=O) groups excluding carboxylic acids is 1. The molecule has 1 aromatic heterocycles. The number of methoxy groups -OCH3 is 1. The van der Waals surface area contributed by atoms with Gasteiger partial charge in [0.1, 0.15) is 11.4 Å². The molecule has 0 aliphatic heterocycles. The summed E-state index contributed by atoms with van der Waals surface area (Å²) in [5.41, 5.74) is 2.45. The van der Waals surface area contributed by atoms with E-state index in [-0.39, 0.29) is 5.91 Å². The summed E-state index contributed by atoms with van der Waals surface area (Å²) in [6, 6.07) is 8.05. The van der Waals surface area contributed by atoms with Gasteiger partial charge in [-0.1, -0.05) is 38.2 Å². The molecule has 1 fully saturated rings. The van der Waals surface area contributed by atoms with Crippen LogP contribution in [0.4, 0.5) is 0 Å². The Balaban J connectivity index is 1.78. The van der Waals surface area contributed by atoms with E-state index in [2.05, 4.69) is 5.10 Å². The van der Waals surface area contributed by atoms with Crippen molar-refractivity contribution in [3.63, 3.8) is 0 Å². The second-order valence-corrected chi connectivity index (χ2v) is 7.24. The van der Waals surface area contributed by atoms with E-state index < -0.39 is 0 Å². The van der Waals surface area contributed by atoms with Crippen molar-refractivity contribution in [1.29, 1.82) is 0 Å². The maximum absolute atomic E-state index is 12.9. The van der Waals surface area contributed by atoms with Gasteiger partial charge in [0.15, 0.2) is 5.69 Å².